The first-order chi connectivity index (χ1) is 26.4. The maximum absolute atomic E-state index is 13.4. The molecule has 11 nitrogen and oxygen atoms in total. The second-order valence-corrected chi connectivity index (χ2v) is 16.6. The van der Waals surface area contributed by atoms with Gasteiger partial charge >= 0.3 is 5.69 Å². The van der Waals surface area contributed by atoms with Crippen molar-refractivity contribution in [3.63, 3.8) is 0 Å². The third kappa shape index (κ3) is 8.66. The minimum absolute atomic E-state index is 0.0683. The quantitative estimate of drug-likeness (QED) is 0.0880. The molecule has 1 saturated heterocycles. The number of hydrogen-bond acceptors (Lipinski definition) is 9. The summed E-state index contributed by atoms with van der Waals surface area (Å²) in [4.78, 5) is 28.3. The zero-order chi connectivity index (χ0) is 39.3. The van der Waals surface area contributed by atoms with E-state index in [1.54, 1.807) is 13.1 Å². The highest BCUT2D eigenvalue weighted by Crippen LogP contribution is 2.55. The van der Waals surface area contributed by atoms with Crippen molar-refractivity contribution in [2.24, 2.45) is 5.92 Å². The van der Waals surface area contributed by atoms with Gasteiger partial charge in [0.25, 0.3) is 14.1 Å². The number of hydrogen-bond donors (Lipinski definition) is 1. The van der Waals surface area contributed by atoms with E-state index in [-0.39, 0.29) is 31.5 Å². The molecule has 5 atom stereocenters. The van der Waals surface area contributed by atoms with Crippen molar-refractivity contribution in [2.75, 3.05) is 6.61 Å². The molecule has 0 saturated carbocycles. The minimum atomic E-state index is -1.68. The first kappa shape index (κ1) is 40.5. The molecule has 1 aromatic heterocycles. The lowest BCUT2D eigenvalue weighted by molar-refractivity contribution is -0.147. The average Bonchev–Trinajstić information content (AvgIpc) is 3.57. The predicted octanol–water partition coefficient (Wildman–Crippen LogP) is 8.71. The molecule has 55 heavy (non-hydrogen) atoms. The fourth-order valence-electron chi connectivity index (χ4n) is 7.63. The molecular weight excluding hydrogens is 715 g/mol. The van der Waals surface area contributed by atoms with Crippen molar-refractivity contribution in [1.29, 1.82) is 5.26 Å². The number of nitriles is 1. The molecule has 3 aromatic carbocycles. The standard InChI is InChI=1S/C43H53N4O7P/c1-28(2)22-23-37(53-43(32-16-9-8-10-17-32)33-18-11-13-20-35(33)51-36-21-14-12-19-34(36)43)40-38(26-39(52-40)46-27-31(7)41(48)45-42(46)49)54-55(50-25-15-24-44)47(29(3)4)30(5)6/h8-14,16-21,27-30,37-40H,15,22-23,25-26H2,1-7H3,(H,45,48,49)/t37-,38-,39+,40+,55?/m0/s1. The molecule has 4 aromatic rings. The fraction of sp³-hybridized carbons (Fsp3) is 0.465. The highest BCUT2D eigenvalue weighted by molar-refractivity contribution is 7.44. The topological polar surface area (TPSA) is 128 Å². The molecule has 2 aliphatic heterocycles. The summed E-state index contributed by atoms with van der Waals surface area (Å²) >= 11 is 0. The molecule has 2 aliphatic rings. The summed E-state index contributed by atoms with van der Waals surface area (Å²) < 4.78 is 38.4. The number of aromatic nitrogens is 2. The average molecular weight is 769 g/mol. The summed E-state index contributed by atoms with van der Waals surface area (Å²) in [5.74, 6) is 1.73. The van der Waals surface area contributed by atoms with E-state index in [1.165, 1.54) is 4.57 Å². The number of nitrogens with zero attached hydrogens (tertiary/aromatic N) is 3. The number of aryl methyl sites for hydroxylation is 1. The Bertz CT molecular complexity index is 2010. The Balaban J connectivity index is 1.52. The Morgan fingerprint density at radius 1 is 0.927 bits per heavy atom. The van der Waals surface area contributed by atoms with Crippen molar-refractivity contribution in [3.8, 4) is 17.6 Å². The van der Waals surface area contributed by atoms with E-state index in [0.29, 0.717) is 29.4 Å². The van der Waals surface area contributed by atoms with E-state index in [0.717, 1.165) is 23.1 Å². The van der Waals surface area contributed by atoms with Crippen LogP contribution >= 0.6 is 8.53 Å². The van der Waals surface area contributed by atoms with Gasteiger partial charge in [-0.25, -0.2) is 9.46 Å². The minimum Gasteiger partial charge on any atom is -0.457 e. The SMILES string of the molecule is Cc1cn([C@H]2C[C@H](OP(OCCC#N)N(C(C)C)C(C)C)[C@@H]([C@H](CCC(C)C)OC3(c4ccccc4)c4ccccc4Oc4ccccc43)O2)c(=O)[nH]c1=O. The molecule has 0 bridgehead atoms. The third-order valence-corrected chi connectivity index (χ3v) is 12.3. The van der Waals surface area contributed by atoms with Crippen molar-refractivity contribution in [1.82, 2.24) is 14.2 Å². The van der Waals surface area contributed by atoms with Gasteiger partial charge in [-0.1, -0.05) is 80.6 Å². The molecular formula is C43H53N4O7P. The smallest absolute Gasteiger partial charge is 0.330 e. The van der Waals surface area contributed by atoms with Crippen LogP contribution in [0.25, 0.3) is 0 Å². The number of aromatic amines is 1. The molecule has 1 fully saturated rings. The molecule has 12 heteroatoms. The van der Waals surface area contributed by atoms with Gasteiger partial charge < -0.3 is 23.3 Å². The molecule has 0 aliphatic carbocycles. The van der Waals surface area contributed by atoms with Crippen LogP contribution in [0.3, 0.4) is 0 Å². The Labute approximate surface area is 325 Å². The maximum atomic E-state index is 13.4. The number of nitrogens with one attached hydrogen (secondary N) is 1. The van der Waals surface area contributed by atoms with Crippen molar-refractivity contribution in [3.05, 3.63) is 128 Å². The van der Waals surface area contributed by atoms with Crippen LogP contribution in [-0.4, -0.2) is 51.2 Å². The lowest BCUT2D eigenvalue weighted by atomic mass is 9.77. The van der Waals surface area contributed by atoms with Gasteiger partial charge in [-0.05, 0) is 71.1 Å². The number of para-hydroxylation sites is 2. The van der Waals surface area contributed by atoms with Crippen LogP contribution in [0.1, 0.15) is 95.7 Å². The summed E-state index contributed by atoms with van der Waals surface area (Å²) in [6.07, 6.45) is 0.854. The first-order valence-corrected chi connectivity index (χ1v) is 20.4. The number of rotatable bonds is 16. The van der Waals surface area contributed by atoms with Gasteiger partial charge in [-0.2, -0.15) is 5.26 Å². The van der Waals surface area contributed by atoms with Gasteiger partial charge in [0.1, 0.15) is 23.8 Å². The first-order valence-electron chi connectivity index (χ1n) is 19.3. The Morgan fingerprint density at radius 2 is 1.55 bits per heavy atom. The van der Waals surface area contributed by atoms with Crippen LogP contribution in [-0.2, 0) is 24.1 Å². The van der Waals surface area contributed by atoms with E-state index in [1.807, 2.05) is 54.6 Å². The highest BCUT2D eigenvalue weighted by Gasteiger charge is 2.51. The van der Waals surface area contributed by atoms with Crippen LogP contribution in [0.4, 0.5) is 0 Å². The molecule has 0 radical (unpaired) electrons. The monoisotopic (exact) mass is 768 g/mol. The van der Waals surface area contributed by atoms with Gasteiger partial charge in [0.2, 0.25) is 0 Å². The summed E-state index contributed by atoms with van der Waals surface area (Å²) in [5, 5.41) is 9.40. The van der Waals surface area contributed by atoms with E-state index in [9.17, 15) is 14.9 Å². The molecule has 3 heterocycles. The van der Waals surface area contributed by atoms with Gasteiger partial charge in [-0.15, -0.1) is 0 Å². The highest BCUT2D eigenvalue weighted by atomic mass is 31.2. The zero-order valence-corrected chi connectivity index (χ0v) is 33.7. The summed E-state index contributed by atoms with van der Waals surface area (Å²) in [6, 6.07) is 28.5. The van der Waals surface area contributed by atoms with Gasteiger partial charge in [-0.3, -0.25) is 14.3 Å². The summed E-state index contributed by atoms with van der Waals surface area (Å²) in [5.41, 5.74) is 0.933. The largest absolute Gasteiger partial charge is 0.457 e. The van der Waals surface area contributed by atoms with Crippen LogP contribution in [0.2, 0.25) is 0 Å². The lowest BCUT2D eigenvalue weighted by Gasteiger charge is -2.44. The zero-order valence-electron chi connectivity index (χ0n) is 32.8. The number of ether oxygens (including phenoxy) is 3. The predicted molar refractivity (Wildman–Crippen MR) is 213 cm³/mol. The van der Waals surface area contributed by atoms with Gasteiger partial charge in [0, 0.05) is 41.4 Å². The second-order valence-electron chi connectivity index (χ2n) is 15.2. The fourth-order valence-corrected chi connectivity index (χ4v) is 9.37. The molecule has 0 amide bonds. The van der Waals surface area contributed by atoms with Crippen LogP contribution < -0.4 is 16.0 Å². The van der Waals surface area contributed by atoms with Gasteiger partial charge in [0.05, 0.1) is 31.3 Å². The molecule has 1 N–H and O–H groups in total. The van der Waals surface area contributed by atoms with E-state index >= 15 is 0 Å². The lowest BCUT2D eigenvalue weighted by Crippen LogP contribution is -2.46. The number of fused-ring (bicyclic) bond motifs is 2. The molecule has 292 valence electrons. The van der Waals surface area contributed by atoms with Crippen LogP contribution in [0.15, 0.2) is 94.6 Å². The van der Waals surface area contributed by atoms with E-state index in [2.05, 4.69) is 81.5 Å². The normalized spacial score (nSPS) is 19.9. The van der Waals surface area contributed by atoms with E-state index < -0.39 is 49.9 Å². The van der Waals surface area contributed by atoms with Crippen molar-refractivity contribution < 1.29 is 23.3 Å². The van der Waals surface area contributed by atoms with Crippen LogP contribution in [0, 0.1) is 24.2 Å². The van der Waals surface area contributed by atoms with Crippen molar-refractivity contribution in [2.45, 2.75) is 116 Å². The Hall–Kier alpha value is -4.14. The molecule has 6 rings (SSSR count). The van der Waals surface area contributed by atoms with Gasteiger partial charge in [0.15, 0.2) is 5.60 Å². The number of benzene rings is 3. The number of H-pyrrole nitrogens is 1. The maximum Gasteiger partial charge on any atom is 0.330 e. The third-order valence-electron chi connectivity index (χ3n) is 10.1. The molecule has 1 unspecified atom stereocenters. The second kappa shape index (κ2) is 17.8. The Morgan fingerprint density at radius 3 is 2.15 bits per heavy atom. The Kier molecular flexibility index (Phi) is 13.1. The summed E-state index contributed by atoms with van der Waals surface area (Å²) in [6.45, 7) is 14.6. The van der Waals surface area contributed by atoms with E-state index in [4.69, 9.17) is 23.3 Å². The van der Waals surface area contributed by atoms with Crippen molar-refractivity contribution >= 4 is 8.53 Å². The van der Waals surface area contributed by atoms with Crippen LogP contribution in [0.5, 0.6) is 11.5 Å². The molecule has 0 spiro atoms. The summed E-state index contributed by atoms with van der Waals surface area (Å²) in [7, 11) is -1.68.